The van der Waals surface area contributed by atoms with Crippen molar-refractivity contribution in [1.29, 1.82) is 0 Å². The summed E-state index contributed by atoms with van der Waals surface area (Å²) < 4.78 is 4.23. The summed E-state index contributed by atoms with van der Waals surface area (Å²) in [6, 6.07) is 0. The van der Waals surface area contributed by atoms with Gasteiger partial charge >= 0.3 is 0 Å². The molecule has 6 heteroatoms. The highest BCUT2D eigenvalue weighted by Gasteiger charge is 2.17. The minimum absolute atomic E-state index is 0.907. The number of aryl methyl sites for hydroxylation is 2. The lowest BCUT2D eigenvalue weighted by Gasteiger charge is -2.15. The standard InChI is InChI=1S/C12H18N6/c1-10-15-11-9-13-4-3-12(11)18(10)7-2-6-17-8-5-14-16-17/h5,8,13H,2-4,6-7,9H2,1H3. The topological polar surface area (TPSA) is 60.6 Å². The molecule has 3 rings (SSSR count). The van der Waals surface area contributed by atoms with Crippen LogP contribution in [0.15, 0.2) is 12.4 Å². The number of fused-ring (bicyclic) bond motifs is 1. The molecule has 0 amide bonds. The van der Waals surface area contributed by atoms with Crippen LogP contribution in [-0.4, -0.2) is 31.1 Å². The van der Waals surface area contributed by atoms with Gasteiger partial charge in [-0.05, 0) is 13.3 Å². The monoisotopic (exact) mass is 246 g/mol. The third kappa shape index (κ3) is 2.15. The number of hydrogen-bond acceptors (Lipinski definition) is 4. The first-order chi connectivity index (χ1) is 8.84. The third-order valence-electron chi connectivity index (χ3n) is 3.42. The summed E-state index contributed by atoms with van der Waals surface area (Å²) in [5, 5.41) is 11.1. The van der Waals surface area contributed by atoms with Crippen molar-refractivity contribution in [2.24, 2.45) is 0 Å². The molecule has 0 unspecified atom stereocenters. The Labute approximate surface area is 106 Å². The van der Waals surface area contributed by atoms with Crippen molar-refractivity contribution < 1.29 is 0 Å². The first-order valence-electron chi connectivity index (χ1n) is 6.44. The van der Waals surface area contributed by atoms with E-state index < -0.39 is 0 Å². The number of imidazole rings is 1. The molecule has 2 aromatic heterocycles. The van der Waals surface area contributed by atoms with Gasteiger partial charge in [-0.15, -0.1) is 5.10 Å². The maximum Gasteiger partial charge on any atom is 0.106 e. The van der Waals surface area contributed by atoms with Gasteiger partial charge in [0, 0.05) is 44.5 Å². The van der Waals surface area contributed by atoms with E-state index in [0.29, 0.717) is 0 Å². The zero-order valence-electron chi connectivity index (χ0n) is 10.6. The maximum atomic E-state index is 4.63. The van der Waals surface area contributed by atoms with Crippen molar-refractivity contribution in [2.45, 2.75) is 39.4 Å². The fourth-order valence-corrected chi connectivity index (χ4v) is 2.55. The molecule has 0 radical (unpaired) electrons. The summed E-state index contributed by atoms with van der Waals surface area (Å²) in [5.41, 5.74) is 2.63. The van der Waals surface area contributed by atoms with Gasteiger partial charge < -0.3 is 9.88 Å². The molecule has 0 bridgehead atoms. The molecular formula is C12H18N6. The van der Waals surface area contributed by atoms with Crippen LogP contribution in [-0.2, 0) is 26.1 Å². The average Bonchev–Trinajstić information content (AvgIpc) is 2.98. The minimum Gasteiger partial charge on any atom is -0.332 e. The first-order valence-corrected chi connectivity index (χ1v) is 6.44. The van der Waals surface area contributed by atoms with Crippen molar-refractivity contribution >= 4 is 0 Å². The van der Waals surface area contributed by atoms with Gasteiger partial charge in [0.15, 0.2) is 0 Å². The average molecular weight is 246 g/mol. The molecule has 1 aliphatic rings. The molecule has 0 aliphatic carbocycles. The number of nitrogens with one attached hydrogen (secondary N) is 1. The van der Waals surface area contributed by atoms with Crippen molar-refractivity contribution in [3.05, 3.63) is 29.6 Å². The highest BCUT2D eigenvalue weighted by molar-refractivity contribution is 5.19. The number of aromatic nitrogens is 5. The van der Waals surface area contributed by atoms with Gasteiger partial charge in [0.1, 0.15) is 5.82 Å². The van der Waals surface area contributed by atoms with Crippen LogP contribution >= 0.6 is 0 Å². The van der Waals surface area contributed by atoms with Gasteiger partial charge in [0.05, 0.1) is 11.9 Å². The van der Waals surface area contributed by atoms with E-state index in [1.54, 1.807) is 6.20 Å². The smallest absolute Gasteiger partial charge is 0.106 e. The van der Waals surface area contributed by atoms with E-state index in [0.717, 1.165) is 44.8 Å². The molecule has 96 valence electrons. The van der Waals surface area contributed by atoms with Crippen LogP contribution in [0.1, 0.15) is 23.6 Å². The van der Waals surface area contributed by atoms with E-state index in [2.05, 4.69) is 32.1 Å². The summed E-state index contributed by atoms with van der Waals surface area (Å²) in [4.78, 5) is 4.63. The van der Waals surface area contributed by atoms with Crippen LogP contribution in [0, 0.1) is 6.92 Å². The molecular weight excluding hydrogens is 228 g/mol. The van der Waals surface area contributed by atoms with Crippen molar-refractivity contribution in [3.63, 3.8) is 0 Å². The van der Waals surface area contributed by atoms with Crippen LogP contribution in [0.25, 0.3) is 0 Å². The third-order valence-corrected chi connectivity index (χ3v) is 3.42. The van der Waals surface area contributed by atoms with Gasteiger partial charge in [-0.3, -0.25) is 4.68 Å². The second-order valence-corrected chi connectivity index (χ2v) is 4.65. The highest BCUT2D eigenvalue weighted by Crippen LogP contribution is 2.16. The molecule has 0 aromatic carbocycles. The maximum absolute atomic E-state index is 4.63. The lowest BCUT2D eigenvalue weighted by Crippen LogP contribution is -2.25. The Morgan fingerprint density at radius 3 is 3.17 bits per heavy atom. The first kappa shape index (κ1) is 11.4. The van der Waals surface area contributed by atoms with Crippen molar-refractivity contribution in [1.82, 2.24) is 29.9 Å². The zero-order valence-corrected chi connectivity index (χ0v) is 10.6. The molecule has 2 aromatic rings. The second-order valence-electron chi connectivity index (χ2n) is 4.65. The van der Waals surface area contributed by atoms with Crippen LogP contribution in [0.5, 0.6) is 0 Å². The van der Waals surface area contributed by atoms with Crippen LogP contribution in [0.2, 0.25) is 0 Å². The second kappa shape index (κ2) is 4.89. The molecule has 6 nitrogen and oxygen atoms in total. The summed E-state index contributed by atoms with van der Waals surface area (Å²) in [6.45, 7) is 5.97. The fourth-order valence-electron chi connectivity index (χ4n) is 2.55. The Morgan fingerprint density at radius 1 is 1.39 bits per heavy atom. The molecule has 0 fully saturated rings. The van der Waals surface area contributed by atoms with Gasteiger partial charge in [-0.2, -0.15) is 0 Å². The van der Waals surface area contributed by atoms with Crippen LogP contribution < -0.4 is 5.32 Å². The Balaban J connectivity index is 1.67. The van der Waals surface area contributed by atoms with E-state index >= 15 is 0 Å². The van der Waals surface area contributed by atoms with Gasteiger partial charge in [-0.25, -0.2) is 4.98 Å². The number of hydrogen-bond donors (Lipinski definition) is 1. The predicted molar refractivity (Wildman–Crippen MR) is 67.0 cm³/mol. The van der Waals surface area contributed by atoms with Crippen molar-refractivity contribution in [3.8, 4) is 0 Å². The van der Waals surface area contributed by atoms with Gasteiger partial charge in [0.25, 0.3) is 0 Å². The largest absolute Gasteiger partial charge is 0.332 e. The van der Waals surface area contributed by atoms with Crippen LogP contribution in [0.3, 0.4) is 0 Å². The van der Waals surface area contributed by atoms with Gasteiger partial charge in [0.2, 0.25) is 0 Å². The minimum atomic E-state index is 0.907. The molecule has 3 heterocycles. The summed E-state index contributed by atoms with van der Waals surface area (Å²) >= 11 is 0. The normalized spacial score (nSPS) is 14.7. The molecule has 0 atom stereocenters. The summed E-state index contributed by atoms with van der Waals surface area (Å²) in [7, 11) is 0. The molecule has 0 saturated heterocycles. The van der Waals surface area contributed by atoms with E-state index in [9.17, 15) is 0 Å². The van der Waals surface area contributed by atoms with Crippen molar-refractivity contribution in [2.75, 3.05) is 6.54 Å². The van der Waals surface area contributed by atoms with E-state index in [4.69, 9.17) is 0 Å². The SMILES string of the molecule is Cc1nc2c(n1CCCn1ccnn1)CCNC2. The predicted octanol–water partition coefficient (Wildman–Crippen LogP) is 0.519. The Morgan fingerprint density at radius 2 is 2.33 bits per heavy atom. The van der Waals surface area contributed by atoms with E-state index in [1.165, 1.54) is 11.4 Å². The number of nitrogens with zero attached hydrogens (tertiary/aromatic N) is 5. The molecule has 1 aliphatic heterocycles. The Hall–Kier alpha value is -1.69. The highest BCUT2D eigenvalue weighted by atomic mass is 15.4. The lowest BCUT2D eigenvalue weighted by atomic mass is 10.2. The summed E-state index contributed by atoms with van der Waals surface area (Å²) in [6.07, 6.45) is 5.76. The Kier molecular flexibility index (Phi) is 3.10. The molecule has 1 N–H and O–H groups in total. The van der Waals surface area contributed by atoms with E-state index in [-0.39, 0.29) is 0 Å². The van der Waals surface area contributed by atoms with Crippen LogP contribution in [0.4, 0.5) is 0 Å². The Bertz CT molecular complexity index is 513. The molecule has 0 saturated carbocycles. The summed E-state index contributed by atoms with van der Waals surface area (Å²) in [5.74, 6) is 1.13. The quantitative estimate of drug-likeness (QED) is 0.854. The molecule has 0 spiro atoms. The molecule has 18 heavy (non-hydrogen) atoms. The van der Waals surface area contributed by atoms with Gasteiger partial charge in [-0.1, -0.05) is 5.21 Å². The number of rotatable bonds is 4. The fraction of sp³-hybridized carbons (Fsp3) is 0.583. The van der Waals surface area contributed by atoms with E-state index in [1.807, 2.05) is 10.9 Å². The zero-order chi connectivity index (χ0) is 12.4. The lowest BCUT2D eigenvalue weighted by molar-refractivity contribution is 0.496.